The maximum absolute atomic E-state index is 13.2. The first-order valence-corrected chi connectivity index (χ1v) is 7.97. The Labute approximate surface area is 146 Å². The second-order valence-electron chi connectivity index (χ2n) is 5.35. The predicted molar refractivity (Wildman–Crippen MR) is 92.8 cm³/mol. The number of hydrogen-bond acceptors (Lipinski definition) is 4. The van der Waals surface area contributed by atoms with Crippen molar-refractivity contribution in [1.29, 1.82) is 0 Å². The van der Waals surface area contributed by atoms with Crippen LogP contribution in [0.4, 0.5) is 4.39 Å². The van der Waals surface area contributed by atoms with Gasteiger partial charge in [0.25, 0.3) is 0 Å². The van der Waals surface area contributed by atoms with Crippen molar-refractivity contribution in [2.75, 3.05) is 13.7 Å². The van der Waals surface area contributed by atoms with Crippen LogP contribution in [0.5, 0.6) is 0 Å². The fraction of sp³-hybridized carbons (Fsp3) is 0.333. The molecule has 0 fully saturated rings. The molecule has 0 aliphatic carbocycles. The summed E-state index contributed by atoms with van der Waals surface area (Å²) in [4.78, 5) is 16.0. The van der Waals surface area contributed by atoms with E-state index in [0.29, 0.717) is 42.7 Å². The number of nitrogens with one attached hydrogen (secondary N) is 2. The average molecular weight is 347 g/mol. The number of halogens is 1. The highest BCUT2D eigenvalue weighted by atomic mass is 19.1. The van der Waals surface area contributed by atoms with Crippen LogP contribution in [0.25, 0.3) is 0 Å². The number of guanidine groups is 1. The Balaban J connectivity index is 2.01. The van der Waals surface area contributed by atoms with Crippen LogP contribution in [0.15, 0.2) is 39.7 Å². The van der Waals surface area contributed by atoms with E-state index < -0.39 is 5.97 Å². The summed E-state index contributed by atoms with van der Waals surface area (Å²) in [5, 5.41) is 6.22. The molecule has 1 heterocycles. The molecule has 0 saturated carbocycles. The van der Waals surface area contributed by atoms with Gasteiger partial charge in [0.2, 0.25) is 0 Å². The normalized spacial score (nSPS) is 11.3. The SMILES string of the molecule is CCNC(=NCc1cccc(F)c1)NCc1cc(C(=O)OC)c(C)o1. The number of rotatable bonds is 6. The molecule has 0 unspecified atom stereocenters. The molecule has 1 aromatic heterocycles. The molecule has 0 aliphatic heterocycles. The molecule has 0 saturated heterocycles. The number of furan rings is 1. The summed E-state index contributed by atoms with van der Waals surface area (Å²) in [6, 6.07) is 7.96. The number of esters is 1. The van der Waals surface area contributed by atoms with Gasteiger partial charge >= 0.3 is 5.97 Å². The largest absolute Gasteiger partial charge is 0.465 e. The van der Waals surface area contributed by atoms with E-state index in [1.165, 1.54) is 19.2 Å². The molecular formula is C18H22FN3O3. The molecule has 2 aromatic rings. The lowest BCUT2D eigenvalue weighted by atomic mass is 10.2. The van der Waals surface area contributed by atoms with Gasteiger partial charge in [-0.2, -0.15) is 0 Å². The van der Waals surface area contributed by atoms with Crippen LogP contribution in [0.3, 0.4) is 0 Å². The molecule has 0 bridgehead atoms. The van der Waals surface area contributed by atoms with Crippen LogP contribution in [-0.4, -0.2) is 25.6 Å². The minimum Gasteiger partial charge on any atom is -0.465 e. The number of methoxy groups -OCH3 is 1. The number of aliphatic imine (C=N–C) groups is 1. The molecule has 2 rings (SSSR count). The smallest absolute Gasteiger partial charge is 0.341 e. The van der Waals surface area contributed by atoms with Crippen LogP contribution in [0, 0.1) is 12.7 Å². The quantitative estimate of drug-likeness (QED) is 0.477. The second kappa shape index (κ2) is 8.86. The van der Waals surface area contributed by atoms with Crippen LogP contribution in [0.2, 0.25) is 0 Å². The van der Waals surface area contributed by atoms with E-state index in [1.807, 2.05) is 13.0 Å². The lowest BCUT2D eigenvalue weighted by Crippen LogP contribution is -2.36. The molecule has 134 valence electrons. The van der Waals surface area contributed by atoms with Crippen LogP contribution in [0.1, 0.15) is 34.4 Å². The molecule has 0 atom stereocenters. The highest BCUT2D eigenvalue weighted by molar-refractivity contribution is 5.90. The van der Waals surface area contributed by atoms with Crippen molar-refractivity contribution in [2.45, 2.75) is 26.9 Å². The van der Waals surface area contributed by atoms with E-state index in [-0.39, 0.29) is 5.82 Å². The Morgan fingerprint density at radius 2 is 2.12 bits per heavy atom. The zero-order chi connectivity index (χ0) is 18.2. The first-order valence-electron chi connectivity index (χ1n) is 7.97. The van der Waals surface area contributed by atoms with Crippen LogP contribution in [-0.2, 0) is 17.8 Å². The third-order valence-corrected chi connectivity index (χ3v) is 3.46. The van der Waals surface area contributed by atoms with Crippen molar-refractivity contribution in [3.8, 4) is 0 Å². The molecule has 0 aliphatic rings. The Hall–Kier alpha value is -2.83. The fourth-order valence-electron chi connectivity index (χ4n) is 2.26. The van der Waals surface area contributed by atoms with E-state index in [0.717, 1.165) is 5.56 Å². The van der Waals surface area contributed by atoms with Crippen molar-refractivity contribution >= 4 is 11.9 Å². The summed E-state index contributed by atoms with van der Waals surface area (Å²) in [6.45, 7) is 5.04. The fourth-order valence-corrected chi connectivity index (χ4v) is 2.26. The molecule has 2 N–H and O–H groups in total. The summed E-state index contributed by atoms with van der Waals surface area (Å²) in [5.41, 5.74) is 1.18. The Kier molecular flexibility index (Phi) is 6.56. The van der Waals surface area contributed by atoms with E-state index in [1.54, 1.807) is 19.1 Å². The van der Waals surface area contributed by atoms with Gasteiger partial charge in [0, 0.05) is 6.54 Å². The van der Waals surface area contributed by atoms with Gasteiger partial charge < -0.3 is 19.8 Å². The molecule has 1 aromatic carbocycles. The highest BCUT2D eigenvalue weighted by Crippen LogP contribution is 2.15. The van der Waals surface area contributed by atoms with E-state index >= 15 is 0 Å². The first kappa shape index (κ1) is 18.5. The monoisotopic (exact) mass is 347 g/mol. The van der Waals surface area contributed by atoms with Crippen LogP contribution >= 0.6 is 0 Å². The lowest BCUT2D eigenvalue weighted by molar-refractivity contribution is 0.0599. The third-order valence-electron chi connectivity index (χ3n) is 3.46. The Bertz CT molecular complexity index is 756. The van der Waals surface area contributed by atoms with Gasteiger partial charge in [-0.05, 0) is 37.6 Å². The van der Waals surface area contributed by atoms with E-state index in [4.69, 9.17) is 9.15 Å². The van der Waals surface area contributed by atoms with Gasteiger partial charge in [0.1, 0.15) is 22.9 Å². The maximum Gasteiger partial charge on any atom is 0.341 e. The van der Waals surface area contributed by atoms with Crippen molar-refractivity contribution in [2.24, 2.45) is 4.99 Å². The molecular weight excluding hydrogens is 325 g/mol. The molecule has 7 heteroatoms. The van der Waals surface area contributed by atoms with Gasteiger partial charge in [0.05, 0.1) is 20.2 Å². The lowest BCUT2D eigenvalue weighted by Gasteiger charge is -2.10. The summed E-state index contributed by atoms with van der Waals surface area (Å²) in [5.74, 6) is 0.950. The summed E-state index contributed by atoms with van der Waals surface area (Å²) in [7, 11) is 1.33. The van der Waals surface area contributed by atoms with Crippen LogP contribution < -0.4 is 10.6 Å². The average Bonchev–Trinajstić information content (AvgIpc) is 2.97. The van der Waals surface area contributed by atoms with Gasteiger partial charge in [0.15, 0.2) is 5.96 Å². The maximum atomic E-state index is 13.2. The summed E-state index contributed by atoms with van der Waals surface area (Å²) < 4.78 is 23.5. The number of carbonyl (C=O) groups excluding carboxylic acids is 1. The number of carbonyl (C=O) groups is 1. The Morgan fingerprint density at radius 3 is 2.80 bits per heavy atom. The minimum absolute atomic E-state index is 0.285. The zero-order valence-corrected chi connectivity index (χ0v) is 14.6. The topological polar surface area (TPSA) is 75.9 Å². The molecule has 0 spiro atoms. The first-order chi connectivity index (χ1) is 12.0. The summed E-state index contributed by atoms with van der Waals surface area (Å²) in [6.07, 6.45) is 0. The number of benzene rings is 1. The molecule has 25 heavy (non-hydrogen) atoms. The molecule has 6 nitrogen and oxygen atoms in total. The van der Waals surface area contributed by atoms with Crippen molar-refractivity contribution in [3.63, 3.8) is 0 Å². The van der Waals surface area contributed by atoms with E-state index in [2.05, 4.69) is 15.6 Å². The number of hydrogen-bond donors (Lipinski definition) is 2. The minimum atomic E-state index is -0.431. The second-order valence-corrected chi connectivity index (χ2v) is 5.35. The molecule has 0 radical (unpaired) electrons. The van der Waals surface area contributed by atoms with Crippen molar-refractivity contribution < 1.29 is 18.3 Å². The number of aryl methyl sites for hydroxylation is 1. The third kappa shape index (κ3) is 5.34. The number of nitrogens with zero attached hydrogens (tertiary/aromatic N) is 1. The van der Waals surface area contributed by atoms with Gasteiger partial charge in [-0.15, -0.1) is 0 Å². The number of ether oxygens (including phenoxy) is 1. The van der Waals surface area contributed by atoms with Crippen molar-refractivity contribution in [1.82, 2.24) is 10.6 Å². The van der Waals surface area contributed by atoms with Gasteiger partial charge in [-0.25, -0.2) is 14.2 Å². The van der Waals surface area contributed by atoms with E-state index in [9.17, 15) is 9.18 Å². The standard InChI is InChI=1S/C18H22FN3O3/c1-4-20-18(21-10-13-6-5-7-14(19)8-13)22-11-15-9-16(12(2)25-15)17(23)24-3/h5-9H,4,10-11H2,1-3H3,(H2,20,21,22). The summed E-state index contributed by atoms with van der Waals surface area (Å²) >= 11 is 0. The van der Waals surface area contributed by atoms with Crippen molar-refractivity contribution in [3.05, 3.63) is 58.8 Å². The van der Waals surface area contributed by atoms with Gasteiger partial charge in [-0.3, -0.25) is 0 Å². The zero-order valence-electron chi connectivity index (χ0n) is 14.6. The Morgan fingerprint density at radius 1 is 1.32 bits per heavy atom. The highest BCUT2D eigenvalue weighted by Gasteiger charge is 2.15. The predicted octanol–water partition coefficient (Wildman–Crippen LogP) is 2.77. The van der Waals surface area contributed by atoms with Gasteiger partial charge in [-0.1, -0.05) is 12.1 Å². The molecule has 0 amide bonds.